The number of rotatable bonds is 5. The van der Waals surface area contributed by atoms with Crippen molar-refractivity contribution >= 4 is 17.3 Å². The van der Waals surface area contributed by atoms with Crippen LogP contribution >= 0.6 is 11.3 Å². The van der Waals surface area contributed by atoms with E-state index in [-0.39, 0.29) is 12.3 Å². The van der Waals surface area contributed by atoms with Crippen LogP contribution in [0.3, 0.4) is 0 Å². The highest BCUT2D eigenvalue weighted by Gasteiger charge is 2.11. The lowest BCUT2D eigenvalue weighted by Crippen LogP contribution is -2.16. The van der Waals surface area contributed by atoms with E-state index in [1.54, 1.807) is 30.5 Å². The van der Waals surface area contributed by atoms with Gasteiger partial charge in [0.15, 0.2) is 0 Å². The predicted octanol–water partition coefficient (Wildman–Crippen LogP) is 3.95. The molecule has 0 aliphatic heterocycles. The van der Waals surface area contributed by atoms with E-state index < -0.39 is 5.97 Å². The minimum absolute atomic E-state index is 0.111. The van der Waals surface area contributed by atoms with Crippen LogP contribution in [0, 0.1) is 6.92 Å². The number of hydrogen-bond donors (Lipinski definition) is 1. The lowest BCUT2D eigenvalue weighted by atomic mass is 10.2. The molecule has 0 bridgehead atoms. The van der Waals surface area contributed by atoms with E-state index in [2.05, 4.69) is 9.97 Å². The topological polar surface area (TPSA) is 77.0 Å². The number of ether oxygens (including phenoxy) is 1. The molecule has 0 aliphatic carbocycles. The van der Waals surface area contributed by atoms with Crippen LogP contribution in [0.4, 0.5) is 0 Å². The molecule has 1 N–H and O–H groups in total. The molecule has 0 atom stereocenters. The van der Waals surface area contributed by atoms with Gasteiger partial charge in [0.2, 0.25) is 0 Å². The van der Waals surface area contributed by atoms with Crippen LogP contribution in [-0.2, 0) is 11.3 Å². The van der Waals surface area contributed by atoms with Crippen LogP contribution < -0.4 is 5.69 Å². The number of aryl methyl sites for hydroxylation is 1. The van der Waals surface area contributed by atoms with Gasteiger partial charge < -0.3 is 9.72 Å². The molecule has 0 amide bonds. The molecule has 0 unspecified atom stereocenters. The summed E-state index contributed by atoms with van der Waals surface area (Å²) in [5.74, 6) is -0.432. The number of carbonyl (C=O) groups excluding carboxylic acids is 1. The van der Waals surface area contributed by atoms with Crippen LogP contribution in [0.15, 0.2) is 71.0 Å². The van der Waals surface area contributed by atoms with Gasteiger partial charge in [-0.2, -0.15) is 0 Å². The van der Waals surface area contributed by atoms with Gasteiger partial charge in [-0.15, -0.1) is 11.3 Å². The Morgan fingerprint density at radius 1 is 1.14 bits per heavy atom. The average Bonchev–Trinajstić information content (AvgIpc) is 3.33. The maximum Gasteiger partial charge on any atom is 0.338 e. The maximum absolute atomic E-state index is 12.3. The van der Waals surface area contributed by atoms with Gasteiger partial charge in [0.05, 0.1) is 16.9 Å². The van der Waals surface area contributed by atoms with Crippen molar-refractivity contribution in [1.29, 1.82) is 0 Å². The third-order valence-corrected chi connectivity index (χ3v) is 5.19. The van der Waals surface area contributed by atoms with E-state index in [1.165, 1.54) is 15.9 Å². The normalized spacial score (nSPS) is 10.8. The highest BCUT2D eigenvalue weighted by atomic mass is 32.1. The van der Waals surface area contributed by atoms with Crippen LogP contribution in [0.2, 0.25) is 0 Å². The van der Waals surface area contributed by atoms with Gasteiger partial charge in [-0.25, -0.2) is 14.6 Å². The lowest BCUT2D eigenvalue weighted by Gasteiger charge is -2.06. The molecule has 0 fully saturated rings. The number of nitrogens with one attached hydrogen (secondary N) is 1. The molecule has 140 valence electrons. The van der Waals surface area contributed by atoms with Crippen molar-refractivity contribution in [2.24, 2.45) is 0 Å². The molecular formula is C21H17N3O3S. The van der Waals surface area contributed by atoms with Gasteiger partial charge in [-0.3, -0.25) is 4.57 Å². The largest absolute Gasteiger partial charge is 0.456 e. The first-order valence-corrected chi connectivity index (χ1v) is 9.54. The minimum atomic E-state index is -0.432. The Labute approximate surface area is 165 Å². The van der Waals surface area contributed by atoms with Gasteiger partial charge in [-0.1, -0.05) is 30.3 Å². The molecule has 7 heteroatoms. The van der Waals surface area contributed by atoms with Gasteiger partial charge in [0.1, 0.15) is 11.6 Å². The van der Waals surface area contributed by atoms with E-state index in [9.17, 15) is 9.59 Å². The van der Waals surface area contributed by atoms with E-state index in [0.717, 1.165) is 16.3 Å². The molecule has 6 nitrogen and oxygen atoms in total. The number of nitrogens with zero attached hydrogens (tertiary/aromatic N) is 2. The molecule has 2 aromatic heterocycles. The SMILES string of the molecule is Cc1c[nH]c(=O)n1-c1ccc(C(=O)OCc2csc(-c3ccccc3)n2)cc1. The second-order valence-corrected chi connectivity index (χ2v) is 7.06. The molecule has 0 saturated heterocycles. The number of imidazole rings is 1. The summed E-state index contributed by atoms with van der Waals surface area (Å²) in [6, 6.07) is 16.6. The van der Waals surface area contributed by atoms with Crippen molar-refractivity contribution in [3.05, 3.63) is 93.6 Å². The van der Waals surface area contributed by atoms with Crippen molar-refractivity contribution in [3.8, 4) is 16.3 Å². The number of aromatic nitrogens is 3. The molecule has 2 aromatic carbocycles. The molecule has 0 radical (unpaired) electrons. The van der Waals surface area contributed by atoms with E-state index in [1.807, 2.05) is 42.6 Å². The first kappa shape index (κ1) is 17.9. The molecule has 0 saturated carbocycles. The average molecular weight is 391 g/mol. The second-order valence-electron chi connectivity index (χ2n) is 6.20. The third-order valence-electron chi connectivity index (χ3n) is 4.25. The molecule has 28 heavy (non-hydrogen) atoms. The number of aromatic amines is 1. The van der Waals surface area contributed by atoms with Gasteiger partial charge in [0, 0.05) is 22.8 Å². The van der Waals surface area contributed by atoms with Crippen LogP contribution in [0.1, 0.15) is 21.7 Å². The van der Waals surface area contributed by atoms with Crippen molar-refractivity contribution in [2.45, 2.75) is 13.5 Å². The summed E-state index contributed by atoms with van der Waals surface area (Å²) in [5, 5.41) is 2.78. The van der Waals surface area contributed by atoms with Crippen LogP contribution in [0.5, 0.6) is 0 Å². The van der Waals surface area contributed by atoms with Crippen LogP contribution in [-0.4, -0.2) is 20.5 Å². The zero-order valence-electron chi connectivity index (χ0n) is 15.1. The standard InChI is InChI=1S/C21H17N3O3S/c1-14-11-22-21(26)24(14)18-9-7-16(8-10-18)20(25)27-12-17-13-28-19(23-17)15-5-3-2-4-6-15/h2-11,13H,12H2,1H3,(H,22,26). The summed E-state index contributed by atoms with van der Waals surface area (Å²) < 4.78 is 6.91. The summed E-state index contributed by atoms with van der Waals surface area (Å²) in [7, 11) is 0. The quantitative estimate of drug-likeness (QED) is 0.523. The minimum Gasteiger partial charge on any atom is -0.456 e. The summed E-state index contributed by atoms with van der Waals surface area (Å²) in [6.07, 6.45) is 1.64. The molecule has 4 aromatic rings. The fourth-order valence-corrected chi connectivity index (χ4v) is 3.64. The van der Waals surface area contributed by atoms with Crippen molar-refractivity contribution in [1.82, 2.24) is 14.5 Å². The van der Waals surface area contributed by atoms with Crippen molar-refractivity contribution in [3.63, 3.8) is 0 Å². The van der Waals surface area contributed by atoms with Crippen LogP contribution in [0.25, 0.3) is 16.3 Å². The van der Waals surface area contributed by atoms with Gasteiger partial charge >= 0.3 is 11.7 Å². The third kappa shape index (κ3) is 3.65. The molecule has 0 aliphatic rings. The number of benzene rings is 2. The Hall–Kier alpha value is -3.45. The van der Waals surface area contributed by atoms with Gasteiger partial charge in [0.25, 0.3) is 0 Å². The fraction of sp³-hybridized carbons (Fsp3) is 0.0952. The Kier molecular flexibility index (Phi) is 4.90. The predicted molar refractivity (Wildman–Crippen MR) is 108 cm³/mol. The van der Waals surface area contributed by atoms with Crippen molar-refractivity contribution in [2.75, 3.05) is 0 Å². The Balaban J connectivity index is 1.42. The first-order chi connectivity index (χ1) is 13.6. The zero-order chi connectivity index (χ0) is 19.5. The Morgan fingerprint density at radius 3 is 2.57 bits per heavy atom. The first-order valence-electron chi connectivity index (χ1n) is 8.66. The highest BCUT2D eigenvalue weighted by molar-refractivity contribution is 7.13. The second kappa shape index (κ2) is 7.66. The maximum atomic E-state index is 12.3. The fourth-order valence-electron chi connectivity index (χ4n) is 2.83. The number of thiazole rings is 1. The summed E-state index contributed by atoms with van der Waals surface area (Å²) in [4.78, 5) is 31.3. The zero-order valence-corrected chi connectivity index (χ0v) is 15.9. The number of H-pyrrole nitrogens is 1. The monoisotopic (exact) mass is 391 g/mol. The van der Waals surface area contributed by atoms with Crippen molar-refractivity contribution < 1.29 is 9.53 Å². The smallest absolute Gasteiger partial charge is 0.338 e. The summed E-state index contributed by atoms with van der Waals surface area (Å²) in [5.41, 5.74) is 3.43. The van der Waals surface area contributed by atoms with E-state index in [4.69, 9.17) is 4.74 Å². The number of esters is 1. The molecule has 4 rings (SSSR count). The molecular weight excluding hydrogens is 374 g/mol. The lowest BCUT2D eigenvalue weighted by molar-refractivity contribution is 0.0468. The van der Waals surface area contributed by atoms with Gasteiger partial charge in [-0.05, 0) is 31.2 Å². The Bertz CT molecular complexity index is 1160. The van der Waals surface area contributed by atoms with E-state index >= 15 is 0 Å². The summed E-state index contributed by atoms with van der Waals surface area (Å²) >= 11 is 1.52. The van der Waals surface area contributed by atoms with E-state index in [0.29, 0.717) is 16.9 Å². The molecule has 0 spiro atoms. The molecule has 2 heterocycles. The number of carbonyl (C=O) groups is 1. The number of hydrogen-bond acceptors (Lipinski definition) is 5. The Morgan fingerprint density at radius 2 is 1.89 bits per heavy atom. The highest BCUT2D eigenvalue weighted by Crippen LogP contribution is 2.23. The summed E-state index contributed by atoms with van der Waals surface area (Å²) in [6.45, 7) is 1.94.